The Kier molecular flexibility index (Phi) is 8.43. The van der Waals surface area contributed by atoms with Gasteiger partial charge in [0, 0.05) is 37.0 Å². The molecule has 0 aliphatic heterocycles. The van der Waals surface area contributed by atoms with E-state index in [1.54, 1.807) is 11.3 Å². The second kappa shape index (κ2) is 11.2. The summed E-state index contributed by atoms with van der Waals surface area (Å²) in [4.78, 5) is 39.1. The zero-order valence-corrected chi connectivity index (χ0v) is 26.7. The molecule has 1 aromatic rings. The highest BCUT2D eigenvalue weighted by Gasteiger charge is 2.63. The maximum absolute atomic E-state index is 13.2. The van der Waals surface area contributed by atoms with Crippen LogP contribution >= 0.6 is 27.3 Å². The summed E-state index contributed by atoms with van der Waals surface area (Å²) in [6.45, 7) is 10.8. The number of ether oxygens (including phenoxy) is 1. The number of rotatable bonds is 7. The average Bonchev–Trinajstić information content (AvgIpc) is 3.46. The van der Waals surface area contributed by atoms with Crippen LogP contribution in [0.3, 0.4) is 0 Å². The van der Waals surface area contributed by atoms with Crippen molar-refractivity contribution in [2.45, 2.75) is 111 Å². The summed E-state index contributed by atoms with van der Waals surface area (Å²) < 4.78 is 7.18. The average molecular weight is 621 g/mol. The van der Waals surface area contributed by atoms with Crippen LogP contribution in [0.4, 0.5) is 0 Å². The van der Waals surface area contributed by atoms with Gasteiger partial charge in [0.1, 0.15) is 11.9 Å². The fraction of sp³-hybridized carbons (Fsp3) is 0.781. The van der Waals surface area contributed by atoms with Crippen LogP contribution in [0.15, 0.2) is 15.9 Å². The van der Waals surface area contributed by atoms with Gasteiger partial charge in [-0.15, -0.1) is 11.3 Å². The molecule has 1 aromatic heterocycles. The molecule has 4 aliphatic rings. The minimum atomic E-state index is -0.195. The fourth-order valence-corrected chi connectivity index (χ4v) is 11.4. The number of carbonyl (C=O) groups excluding carboxylic acids is 3. The van der Waals surface area contributed by atoms with E-state index in [0.29, 0.717) is 60.6 Å². The summed E-state index contributed by atoms with van der Waals surface area (Å²) in [6.07, 6.45) is 9.09. The molecule has 4 saturated carbocycles. The predicted octanol–water partition coefficient (Wildman–Crippen LogP) is 7.87. The molecule has 0 aromatic carbocycles. The van der Waals surface area contributed by atoms with E-state index in [-0.39, 0.29) is 34.9 Å². The molecule has 5 nitrogen and oxygen atoms in total. The monoisotopic (exact) mass is 619 g/mol. The first-order valence-corrected chi connectivity index (χ1v) is 16.8. The lowest BCUT2D eigenvalue weighted by molar-refractivity contribution is -0.189. The quantitative estimate of drug-likeness (QED) is 0.315. The summed E-state index contributed by atoms with van der Waals surface area (Å²) in [5.74, 6) is 2.80. The summed E-state index contributed by atoms with van der Waals surface area (Å²) in [5.41, 5.74) is 0.307. The third-order valence-electron chi connectivity index (χ3n) is 11.7. The van der Waals surface area contributed by atoms with E-state index in [1.165, 1.54) is 18.2 Å². The summed E-state index contributed by atoms with van der Waals surface area (Å²) >= 11 is 5.24. The Morgan fingerprint density at radius 1 is 1.15 bits per heavy atom. The third kappa shape index (κ3) is 5.40. The number of fused-ring (bicyclic) bond motifs is 5. The van der Waals surface area contributed by atoms with E-state index < -0.39 is 0 Å². The molecule has 10 atom stereocenters. The molecule has 5 rings (SSSR count). The number of hydrogen-bond donors (Lipinski definition) is 1. The van der Waals surface area contributed by atoms with E-state index >= 15 is 0 Å². The van der Waals surface area contributed by atoms with Gasteiger partial charge in [0.25, 0.3) is 0 Å². The van der Waals surface area contributed by atoms with Crippen LogP contribution in [0.1, 0.15) is 110 Å². The molecule has 216 valence electrons. The van der Waals surface area contributed by atoms with Gasteiger partial charge in [0.2, 0.25) is 5.91 Å². The largest absolute Gasteiger partial charge is 0.462 e. The Hall–Kier alpha value is -1.21. The van der Waals surface area contributed by atoms with Crippen molar-refractivity contribution in [2.24, 2.45) is 46.3 Å². The summed E-state index contributed by atoms with van der Waals surface area (Å²) in [7, 11) is 0. The normalized spacial score (nSPS) is 39.2. The highest BCUT2D eigenvalue weighted by Crippen LogP contribution is 2.68. The molecule has 0 saturated heterocycles. The van der Waals surface area contributed by atoms with Crippen LogP contribution in [0, 0.1) is 46.3 Å². The number of carbonyl (C=O) groups is 3. The van der Waals surface area contributed by atoms with E-state index in [2.05, 4.69) is 61.1 Å². The maximum atomic E-state index is 13.2. The Bertz CT molecular complexity index is 1100. The first-order valence-electron chi connectivity index (χ1n) is 15.2. The van der Waals surface area contributed by atoms with E-state index in [1.807, 2.05) is 0 Å². The SMILES string of the molecule is CC[C@@H](NC(=O)C[C@@H](C)[C@H]1CC[C@H]2[C@@H]3[C@H](OC(C)=O)C[C@@H]4CC(=O)CC[C@]4(C)[C@H]3CC[C@]12C)c1ccc(Br)s1. The molecule has 1 amide bonds. The van der Waals surface area contributed by atoms with Crippen molar-refractivity contribution in [1.29, 1.82) is 0 Å². The number of esters is 1. The van der Waals surface area contributed by atoms with Gasteiger partial charge in [0.15, 0.2) is 0 Å². The topological polar surface area (TPSA) is 72.5 Å². The van der Waals surface area contributed by atoms with Crippen LogP contribution in [-0.2, 0) is 19.1 Å². The van der Waals surface area contributed by atoms with Crippen molar-refractivity contribution in [2.75, 3.05) is 0 Å². The van der Waals surface area contributed by atoms with Crippen molar-refractivity contribution >= 4 is 44.9 Å². The van der Waals surface area contributed by atoms with Gasteiger partial charge in [0.05, 0.1) is 9.83 Å². The smallest absolute Gasteiger partial charge is 0.302 e. The summed E-state index contributed by atoms with van der Waals surface area (Å²) in [5, 5.41) is 3.31. The minimum Gasteiger partial charge on any atom is -0.462 e. The number of Topliss-reactive ketones (excluding diaryl/α,β-unsaturated/α-hetero) is 1. The van der Waals surface area contributed by atoms with Crippen molar-refractivity contribution in [3.05, 3.63) is 20.8 Å². The number of amides is 1. The lowest BCUT2D eigenvalue weighted by atomic mass is 9.43. The van der Waals surface area contributed by atoms with Gasteiger partial charge in [-0.25, -0.2) is 0 Å². The van der Waals surface area contributed by atoms with Crippen molar-refractivity contribution < 1.29 is 19.1 Å². The van der Waals surface area contributed by atoms with Gasteiger partial charge in [-0.1, -0.05) is 27.7 Å². The molecule has 0 bridgehead atoms. The Morgan fingerprint density at radius 3 is 2.56 bits per heavy atom. The van der Waals surface area contributed by atoms with Gasteiger partial charge in [-0.2, -0.15) is 0 Å². The third-order valence-corrected chi connectivity index (χ3v) is 13.5. The molecule has 1 N–H and O–H groups in total. The lowest BCUT2D eigenvalue weighted by Gasteiger charge is -2.62. The minimum absolute atomic E-state index is 0.0612. The predicted molar refractivity (Wildman–Crippen MR) is 158 cm³/mol. The zero-order valence-electron chi connectivity index (χ0n) is 24.3. The maximum Gasteiger partial charge on any atom is 0.302 e. The molecule has 1 heterocycles. The fourth-order valence-electron chi connectivity index (χ4n) is 9.88. The van der Waals surface area contributed by atoms with Crippen LogP contribution in [0.5, 0.6) is 0 Å². The number of thiophene rings is 1. The van der Waals surface area contributed by atoms with Gasteiger partial charge < -0.3 is 10.1 Å². The molecule has 0 unspecified atom stereocenters. The Balaban J connectivity index is 1.32. The second-order valence-electron chi connectivity index (χ2n) is 13.7. The van der Waals surface area contributed by atoms with E-state index in [9.17, 15) is 14.4 Å². The molecule has 0 radical (unpaired) electrons. The molecule has 4 aliphatic carbocycles. The molecule has 4 fully saturated rings. The number of hydrogen-bond acceptors (Lipinski definition) is 5. The standard InChI is InChI=1S/C32H46BrNO4S/c1-6-25(27-9-10-28(33)39-27)34-29(37)15-18(2)22-7-8-23-30-24(12-14-32(22,23)5)31(4)13-11-21(36)16-20(31)17-26(30)38-19(3)35/h9-10,18,20,22-26,30H,6-8,11-17H2,1-5H3,(H,34,37)/t18-,20+,22-,23+,24+,25-,26-,30+,31+,32-/m1/s1. The molecule has 39 heavy (non-hydrogen) atoms. The van der Waals surface area contributed by atoms with E-state index in [4.69, 9.17) is 4.74 Å². The Morgan fingerprint density at radius 2 is 1.90 bits per heavy atom. The zero-order chi connectivity index (χ0) is 28.1. The highest BCUT2D eigenvalue weighted by atomic mass is 79.9. The van der Waals surface area contributed by atoms with Crippen LogP contribution in [0.2, 0.25) is 0 Å². The van der Waals surface area contributed by atoms with Crippen molar-refractivity contribution in [3.8, 4) is 0 Å². The molecular formula is C32H46BrNO4S. The summed E-state index contributed by atoms with van der Waals surface area (Å²) in [6, 6.07) is 4.21. The van der Waals surface area contributed by atoms with E-state index in [0.717, 1.165) is 42.3 Å². The Labute approximate surface area is 246 Å². The van der Waals surface area contributed by atoms with Crippen molar-refractivity contribution in [1.82, 2.24) is 5.32 Å². The second-order valence-corrected chi connectivity index (χ2v) is 16.2. The highest BCUT2D eigenvalue weighted by molar-refractivity contribution is 9.11. The lowest BCUT2D eigenvalue weighted by Crippen LogP contribution is -2.59. The van der Waals surface area contributed by atoms with Gasteiger partial charge in [-0.05, 0) is 113 Å². The van der Waals surface area contributed by atoms with Crippen LogP contribution in [-0.4, -0.2) is 23.8 Å². The number of halogens is 1. The first kappa shape index (κ1) is 29.3. The van der Waals surface area contributed by atoms with Crippen LogP contribution < -0.4 is 5.32 Å². The van der Waals surface area contributed by atoms with Gasteiger partial charge in [-0.3, -0.25) is 14.4 Å². The van der Waals surface area contributed by atoms with Gasteiger partial charge >= 0.3 is 5.97 Å². The number of ketones is 1. The number of nitrogens with one attached hydrogen (secondary N) is 1. The molecular weight excluding hydrogens is 574 g/mol. The first-order chi connectivity index (χ1) is 18.5. The van der Waals surface area contributed by atoms with Crippen LogP contribution in [0.25, 0.3) is 0 Å². The molecule has 7 heteroatoms. The molecule has 0 spiro atoms. The van der Waals surface area contributed by atoms with Crippen molar-refractivity contribution in [3.63, 3.8) is 0 Å².